The van der Waals surface area contributed by atoms with Gasteiger partial charge in [0.15, 0.2) is 0 Å². The first-order valence-electron chi connectivity index (χ1n) is 4.89. The Bertz CT molecular complexity index is 541. The lowest BCUT2D eigenvalue weighted by atomic mass is 10.2. The summed E-state index contributed by atoms with van der Waals surface area (Å²) in [6, 6.07) is 6.84. The smallest absolute Gasteiger partial charge is 0.251 e. The van der Waals surface area contributed by atoms with Crippen LogP contribution in [0.1, 0.15) is 15.2 Å². The van der Waals surface area contributed by atoms with Gasteiger partial charge >= 0.3 is 0 Å². The molecule has 6 heteroatoms. The number of nitrogens with one attached hydrogen (secondary N) is 1. The fraction of sp³-hybridized carbons (Fsp3) is 0.0909. The van der Waals surface area contributed by atoms with Gasteiger partial charge in [0, 0.05) is 16.6 Å². The van der Waals surface area contributed by atoms with Crippen LogP contribution in [-0.4, -0.2) is 10.9 Å². The van der Waals surface area contributed by atoms with Crippen LogP contribution in [0.4, 0.5) is 5.82 Å². The average Bonchev–Trinajstić information content (AvgIpc) is 2.72. The number of nitrogen functional groups attached to an aromatic ring is 1. The summed E-state index contributed by atoms with van der Waals surface area (Å²) < 4.78 is 0.711. The second kappa shape index (κ2) is 5.16. The normalized spacial score (nSPS) is 10.2. The highest BCUT2D eigenvalue weighted by molar-refractivity contribution is 7.16. The topological polar surface area (TPSA) is 68.0 Å². The van der Waals surface area contributed by atoms with Crippen LogP contribution in [0.15, 0.2) is 30.5 Å². The summed E-state index contributed by atoms with van der Waals surface area (Å²) in [5.74, 6) is 0.153. The van der Waals surface area contributed by atoms with Crippen molar-refractivity contribution >= 4 is 34.7 Å². The molecule has 1 amide bonds. The maximum absolute atomic E-state index is 11.8. The van der Waals surface area contributed by atoms with E-state index in [4.69, 9.17) is 17.3 Å². The second-order valence-electron chi connectivity index (χ2n) is 3.36. The van der Waals surface area contributed by atoms with Gasteiger partial charge in [-0.3, -0.25) is 4.79 Å². The molecule has 3 N–H and O–H groups in total. The van der Waals surface area contributed by atoms with Gasteiger partial charge in [-0.15, -0.1) is 11.3 Å². The lowest BCUT2D eigenvalue weighted by molar-refractivity contribution is 0.0951. The monoisotopic (exact) mass is 267 g/mol. The Hall–Kier alpha value is -1.59. The molecule has 2 aromatic rings. The van der Waals surface area contributed by atoms with E-state index in [1.165, 1.54) is 23.6 Å². The van der Waals surface area contributed by atoms with Gasteiger partial charge < -0.3 is 11.1 Å². The molecule has 2 heterocycles. The zero-order chi connectivity index (χ0) is 12.3. The van der Waals surface area contributed by atoms with E-state index in [1.807, 2.05) is 6.07 Å². The van der Waals surface area contributed by atoms with E-state index in [9.17, 15) is 4.79 Å². The van der Waals surface area contributed by atoms with Crippen molar-refractivity contribution in [2.45, 2.75) is 6.54 Å². The van der Waals surface area contributed by atoms with Gasteiger partial charge in [0.1, 0.15) is 5.82 Å². The van der Waals surface area contributed by atoms with Crippen molar-refractivity contribution in [3.8, 4) is 0 Å². The first kappa shape index (κ1) is 11.9. The molecule has 0 atom stereocenters. The second-order valence-corrected chi connectivity index (χ2v) is 5.16. The number of aromatic nitrogens is 1. The van der Waals surface area contributed by atoms with Gasteiger partial charge in [-0.1, -0.05) is 11.6 Å². The van der Waals surface area contributed by atoms with Gasteiger partial charge in [-0.2, -0.15) is 0 Å². The number of halogens is 1. The summed E-state index contributed by atoms with van der Waals surface area (Å²) in [5.41, 5.74) is 6.00. The van der Waals surface area contributed by atoms with Crippen LogP contribution in [0.25, 0.3) is 0 Å². The molecule has 0 aromatic carbocycles. The van der Waals surface area contributed by atoms with E-state index in [0.717, 1.165) is 4.88 Å². The van der Waals surface area contributed by atoms with E-state index in [0.29, 0.717) is 22.3 Å². The largest absolute Gasteiger partial charge is 0.384 e. The van der Waals surface area contributed by atoms with Crippen LogP contribution in [-0.2, 0) is 6.54 Å². The highest BCUT2D eigenvalue weighted by Crippen LogP contribution is 2.21. The quantitative estimate of drug-likeness (QED) is 0.897. The fourth-order valence-corrected chi connectivity index (χ4v) is 2.33. The maximum Gasteiger partial charge on any atom is 0.251 e. The van der Waals surface area contributed by atoms with Crippen molar-refractivity contribution in [1.82, 2.24) is 10.3 Å². The molecule has 0 saturated carbocycles. The molecule has 0 fully saturated rings. The third-order valence-corrected chi connectivity index (χ3v) is 3.33. The average molecular weight is 268 g/mol. The van der Waals surface area contributed by atoms with Crippen LogP contribution in [0.3, 0.4) is 0 Å². The molecule has 4 nitrogen and oxygen atoms in total. The van der Waals surface area contributed by atoms with Gasteiger partial charge in [0.05, 0.1) is 10.9 Å². The van der Waals surface area contributed by atoms with Crippen molar-refractivity contribution in [2.75, 3.05) is 5.73 Å². The molecule has 0 aliphatic rings. The minimum Gasteiger partial charge on any atom is -0.384 e. The molecule has 0 aliphatic carbocycles. The number of rotatable bonds is 3. The number of amides is 1. The summed E-state index contributed by atoms with van der Waals surface area (Å²) in [4.78, 5) is 16.6. The van der Waals surface area contributed by atoms with Crippen molar-refractivity contribution in [2.24, 2.45) is 0 Å². The van der Waals surface area contributed by atoms with Gasteiger partial charge in [-0.05, 0) is 24.3 Å². The zero-order valence-electron chi connectivity index (χ0n) is 8.81. The van der Waals surface area contributed by atoms with Crippen molar-refractivity contribution in [3.05, 3.63) is 45.2 Å². The first-order chi connectivity index (χ1) is 8.15. The molecular formula is C11H10ClN3OS. The summed E-state index contributed by atoms with van der Waals surface area (Å²) in [5, 5.41) is 2.79. The number of nitrogens with zero attached hydrogens (tertiary/aromatic N) is 1. The molecule has 2 aromatic heterocycles. The molecule has 17 heavy (non-hydrogen) atoms. The summed E-state index contributed by atoms with van der Waals surface area (Å²) >= 11 is 7.24. The summed E-state index contributed by atoms with van der Waals surface area (Å²) in [7, 11) is 0. The fourth-order valence-electron chi connectivity index (χ4n) is 1.31. The number of hydrogen-bond acceptors (Lipinski definition) is 4. The standard InChI is InChI=1S/C11H10ClN3OS/c12-9-2-1-8(17-9)6-15-11(16)7-3-4-14-10(13)5-7/h1-5H,6H2,(H2,13,14)(H,15,16). The summed E-state index contributed by atoms with van der Waals surface area (Å²) in [6.45, 7) is 0.457. The molecular weight excluding hydrogens is 258 g/mol. The van der Waals surface area contributed by atoms with Crippen molar-refractivity contribution in [3.63, 3.8) is 0 Å². The maximum atomic E-state index is 11.8. The van der Waals surface area contributed by atoms with E-state index < -0.39 is 0 Å². The molecule has 0 bridgehead atoms. The van der Waals surface area contributed by atoms with Gasteiger partial charge in [-0.25, -0.2) is 4.98 Å². The van der Waals surface area contributed by atoms with Crippen LogP contribution >= 0.6 is 22.9 Å². The van der Waals surface area contributed by atoms with Crippen molar-refractivity contribution in [1.29, 1.82) is 0 Å². The lowest BCUT2D eigenvalue weighted by Gasteiger charge is -2.03. The minimum absolute atomic E-state index is 0.177. The number of pyridine rings is 1. The van der Waals surface area contributed by atoms with E-state index >= 15 is 0 Å². The number of hydrogen-bond donors (Lipinski definition) is 2. The van der Waals surface area contributed by atoms with Gasteiger partial charge in [0.2, 0.25) is 0 Å². The highest BCUT2D eigenvalue weighted by atomic mass is 35.5. The molecule has 0 aliphatic heterocycles. The molecule has 88 valence electrons. The predicted octanol–water partition coefficient (Wildman–Crippen LogP) is 2.31. The number of thiophene rings is 1. The number of nitrogens with two attached hydrogens (primary N) is 1. The Morgan fingerprint density at radius 1 is 1.47 bits per heavy atom. The Kier molecular flexibility index (Phi) is 3.61. The number of carbonyl (C=O) groups is 1. The molecule has 0 spiro atoms. The highest BCUT2D eigenvalue weighted by Gasteiger charge is 2.06. The molecule has 0 saturated heterocycles. The van der Waals surface area contributed by atoms with E-state index in [2.05, 4.69) is 10.3 Å². The predicted molar refractivity (Wildman–Crippen MR) is 69.1 cm³/mol. The van der Waals surface area contributed by atoms with E-state index in [1.54, 1.807) is 12.1 Å². The summed E-state index contributed by atoms with van der Waals surface area (Å²) in [6.07, 6.45) is 1.51. The molecule has 0 radical (unpaired) electrons. The van der Waals surface area contributed by atoms with Gasteiger partial charge in [0.25, 0.3) is 5.91 Å². The van der Waals surface area contributed by atoms with Crippen LogP contribution < -0.4 is 11.1 Å². The first-order valence-corrected chi connectivity index (χ1v) is 6.08. The number of carbonyl (C=O) groups excluding carboxylic acids is 1. The molecule has 0 unspecified atom stereocenters. The van der Waals surface area contributed by atoms with Crippen molar-refractivity contribution < 1.29 is 4.79 Å². The lowest BCUT2D eigenvalue weighted by Crippen LogP contribution is -2.22. The third-order valence-electron chi connectivity index (χ3n) is 2.10. The Morgan fingerprint density at radius 3 is 2.94 bits per heavy atom. The third kappa shape index (κ3) is 3.18. The van der Waals surface area contributed by atoms with Crippen LogP contribution in [0, 0.1) is 0 Å². The zero-order valence-corrected chi connectivity index (χ0v) is 10.4. The molecule has 2 rings (SSSR count). The van der Waals surface area contributed by atoms with Crippen LogP contribution in [0.5, 0.6) is 0 Å². The van der Waals surface area contributed by atoms with Crippen LogP contribution in [0.2, 0.25) is 4.34 Å². The number of anilines is 1. The SMILES string of the molecule is Nc1cc(C(=O)NCc2ccc(Cl)s2)ccn1. The Balaban J connectivity index is 1.98. The Morgan fingerprint density at radius 2 is 2.29 bits per heavy atom. The van der Waals surface area contributed by atoms with E-state index in [-0.39, 0.29) is 5.91 Å². The Labute approximate surface area is 107 Å². The minimum atomic E-state index is -0.177.